The van der Waals surface area contributed by atoms with Gasteiger partial charge in [0.25, 0.3) is 5.69 Å². The highest BCUT2D eigenvalue weighted by atomic mass is 16.6. The lowest BCUT2D eigenvalue weighted by Gasteiger charge is -2.46. The molecule has 2 N–H and O–H groups in total. The molecule has 0 bridgehead atoms. The molecule has 4 aliphatic heterocycles. The summed E-state index contributed by atoms with van der Waals surface area (Å²) in [5.74, 6) is 3.31. The summed E-state index contributed by atoms with van der Waals surface area (Å²) in [6.45, 7) is 0.0825. The second kappa shape index (κ2) is 21.6. The normalized spacial score (nSPS) is 24.5. The fraction of sp³-hybridized carbons (Fsp3) is 0.390. The Kier molecular flexibility index (Phi) is 14.6. The molecule has 15 heteroatoms. The fourth-order valence-electron chi connectivity index (χ4n) is 12.1. The van der Waals surface area contributed by atoms with Crippen molar-refractivity contribution < 1.29 is 48.5 Å². The molecule has 6 atom stereocenters. The second-order valence-corrected chi connectivity index (χ2v) is 20.0. The highest BCUT2D eigenvalue weighted by molar-refractivity contribution is 6.23. The molecule has 1 spiro atoms. The fourth-order valence-corrected chi connectivity index (χ4v) is 12.1. The quantitative estimate of drug-likeness (QED) is 0.0444. The Labute approximate surface area is 430 Å². The van der Waals surface area contributed by atoms with Crippen molar-refractivity contribution in [3.63, 3.8) is 0 Å². The van der Waals surface area contributed by atoms with Crippen molar-refractivity contribution in [2.75, 3.05) is 31.2 Å². The maximum absolute atomic E-state index is 16.8. The van der Waals surface area contributed by atoms with Gasteiger partial charge in [0.15, 0.2) is 0 Å². The Morgan fingerprint density at radius 2 is 1.41 bits per heavy atom. The van der Waals surface area contributed by atoms with Gasteiger partial charge in [0.2, 0.25) is 11.8 Å². The number of hydrogen-bond acceptors (Lipinski definition) is 12. The summed E-state index contributed by atoms with van der Waals surface area (Å²) in [6, 6.07) is 33.1. The van der Waals surface area contributed by atoms with Crippen molar-refractivity contribution in [1.29, 1.82) is 0 Å². The van der Waals surface area contributed by atoms with Crippen molar-refractivity contribution in [2.45, 2.75) is 112 Å². The molecule has 1 aliphatic carbocycles. The average molecular weight is 1000 g/mol. The number of cyclic esters (lactones) is 1. The Morgan fingerprint density at radius 1 is 0.757 bits per heavy atom. The van der Waals surface area contributed by atoms with Gasteiger partial charge in [-0.3, -0.25) is 29.4 Å². The van der Waals surface area contributed by atoms with E-state index in [0.29, 0.717) is 66.8 Å². The molecule has 3 amide bonds. The first-order valence-electron chi connectivity index (χ1n) is 25.9. The number of anilines is 1. The molecule has 0 aromatic heterocycles. The van der Waals surface area contributed by atoms with E-state index < -0.39 is 70.0 Å². The molecule has 4 heterocycles. The molecule has 3 saturated heterocycles. The molecule has 4 fully saturated rings. The molecule has 15 nitrogen and oxygen atoms in total. The van der Waals surface area contributed by atoms with Crippen LogP contribution in [0.15, 0.2) is 127 Å². The Hall–Kier alpha value is -7.38. The minimum atomic E-state index is -2.09. The number of esters is 1. The number of carbonyl (C=O) groups is 4. The molecule has 1 saturated carbocycles. The van der Waals surface area contributed by atoms with Crippen LogP contribution in [0.5, 0.6) is 5.75 Å². The number of likely N-dealkylation sites (tertiary alicyclic amines) is 1. The summed E-state index contributed by atoms with van der Waals surface area (Å²) in [5, 5.41) is 33.2. The number of nitro benzene ring substituents is 1. The van der Waals surface area contributed by atoms with E-state index in [9.17, 15) is 20.3 Å². The van der Waals surface area contributed by atoms with E-state index in [2.05, 4.69) is 11.8 Å². The largest absolute Gasteiger partial charge is 0.491 e. The molecule has 0 radical (unpaired) electrons. The van der Waals surface area contributed by atoms with Crippen molar-refractivity contribution in [3.8, 4) is 17.6 Å². The van der Waals surface area contributed by atoms with E-state index in [1.54, 1.807) is 41.3 Å². The molecule has 382 valence electrons. The molecule has 5 aliphatic rings. The van der Waals surface area contributed by atoms with E-state index in [1.807, 2.05) is 71.6 Å². The summed E-state index contributed by atoms with van der Waals surface area (Å²) in [6.07, 6.45) is 6.77. The van der Waals surface area contributed by atoms with E-state index in [-0.39, 0.29) is 36.8 Å². The summed E-state index contributed by atoms with van der Waals surface area (Å²) < 4.78 is 18.7. The van der Waals surface area contributed by atoms with Gasteiger partial charge >= 0.3 is 12.1 Å². The number of amides is 3. The lowest BCUT2D eigenvalue weighted by Crippen LogP contribution is -2.56. The van der Waals surface area contributed by atoms with Crippen LogP contribution >= 0.6 is 0 Å². The van der Waals surface area contributed by atoms with Crippen molar-refractivity contribution >= 4 is 35.3 Å². The standard InChI is InChI=1S/C59H60N4O11/c64-35-36-72-46-22-16-21-44(38-46)53-59(49(54(65)60-33-14-4-1-5-15-34-60)51-55(66)74-52(43-19-10-7-11-20-43)50(62(51)53)42-17-8-6-9-18-42)47-37-40(29-32-58(69)30-12-2-3-13-31-58)25-28-48(47)61(56(59)67)57(68)73-39-41-23-26-45(27-24-41)63(70)71/h6-11,16-28,37-38,49-53,64,69H,1-5,12-15,30-31,33-36,39H2/t49-,50-,51-,52+,53+,59-/m0/s1. The predicted molar refractivity (Wildman–Crippen MR) is 273 cm³/mol. The summed E-state index contributed by atoms with van der Waals surface area (Å²) in [7, 11) is 0. The molecular formula is C59H60N4O11. The van der Waals surface area contributed by atoms with Gasteiger partial charge in [-0.1, -0.05) is 117 Å². The lowest BCUT2D eigenvalue weighted by molar-refractivity contribution is -0.384. The topological polar surface area (TPSA) is 189 Å². The first kappa shape index (κ1) is 50.2. The highest BCUT2D eigenvalue weighted by Gasteiger charge is 2.76. The van der Waals surface area contributed by atoms with E-state index in [4.69, 9.17) is 14.2 Å². The molecule has 10 rings (SSSR count). The van der Waals surface area contributed by atoms with Crippen molar-refractivity contribution in [2.24, 2.45) is 5.92 Å². The third-order valence-electron chi connectivity index (χ3n) is 15.5. The lowest BCUT2D eigenvalue weighted by atomic mass is 9.64. The highest BCUT2D eigenvalue weighted by Crippen LogP contribution is 2.66. The van der Waals surface area contributed by atoms with Crippen LogP contribution in [-0.2, 0) is 35.9 Å². The smallest absolute Gasteiger partial charge is 0.421 e. The molecule has 74 heavy (non-hydrogen) atoms. The van der Waals surface area contributed by atoms with Gasteiger partial charge in [-0.15, -0.1) is 0 Å². The van der Waals surface area contributed by atoms with Crippen LogP contribution in [0.4, 0.5) is 16.2 Å². The first-order valence-corrected chi connectivity index (χ1v) is 25.9. The van der Waals surface area contributed by atoms with Crippen molar-refractivity contribution in [1.82, 2.24) is 9.80 Å². The van der Waals surface area contributed by atoms with Crippen LogP contribution in [0.25, 0.3) is 0 Å². The minimum absolute atomic E-state index is 0.0404. The van der Waals surface area contributed by atoms with Gasteiger partial charge in [-0.25, -0.2) is 9.69 Å². The zero-order chi connectivity index (χ0) is 51.4. The van der Waals surface area contributed by atoms with Crippen LogP contribution < -0.4 is 9.64 Å². The van der Waals surface area contributed by atoms with E-state index >= 15 is 19.2 Å². The number of imide groups is 1. The number of fused-ring (bicyclic) bond motifs is 3. The molecule has 0 unspecified atom stereocenters. The zero-order valence-corrected chi connectivity index (χ0v) is 41.2. The van der Waals surface area contributed by atoms with Crippen LogP contribution in [0.3, 0.4) is 0 Å². The minimum Gasteiger partial charge on any atom is -0.491 e. The van der Waals surface area contributed by atoms with E-state index in [1.165, 1.54) is 24.3 Å². The van der Waals surface area contributed by atoms with Gasteiger partial charge in [0, 0.05) is 30.8 Å². The van der Waals surface area contributed by atoms with Crippen LogP contribution in [0.2, 0.25) is 0 Å². The summed E-state index contributed by atoms with van der Waals surface area (Å²) >= 11 is 0. The Bertz CT molecular complexity index is 2940. The second-order valence-electron chi connectivity index (χ2n) is 20.0. The number of non-ortho nitro benzene ring substituents is 1. The molecule has 5 aromatic carbocycles. The van der Waals surface area contributed by atoms with Gasteiger partial charge in [-0.05, 0) is 109 Å². The monoisotopic (exact) mass is 1000 g/mol. The number of nitrogens with zero attached hydrogens (tertiary/aromatic N) is 4. The summed E-state index contributed by atoms with van der Waals surface area (Å²) in [4.78, 5) is 79.5. The predicted octanol–water partition coefficient (Wildman–Crippen LogP) is 9.20. The number of rotatable bonds is 10. The van der Waals surface area contributed by atoms with Crippen LogP contribution in [0.1, 0.15) is 122 Å². The SMILES string of the molecule is O=C1O[C@H](c2ccccc2)[C@H](c2ccccc2)N2[C@H]1[C@@H](C(=O)N1CCCCCCC1)[C@]1(C(=O)N(C(=O)OCc3ccc([N+](=O)[O-])cc3)c3ccc(C#CC4(O)CCCCCC4)cc31)[C@H]2c1cccc(OCCO)c1. The number of morpholine rings is 1. The van der Waals surface area contributed by atoms with Gasteiger partial charge in [-0.2, -0.15) is 0 Å². The molecular weight excluding hydrogens is 941 g/mol. The number of benzene rings is 5. The molecule has 5 aromatic rings. The number of hydrogen-bond donors (Lipinski definition) is 2. The Balaban J connectivity index is 1.24. The number of carbonyl (C=O) groups excluding carboxylic acids is 4. The number of nitro groups is 1. The maximum Gasteiger partial charge on any atom is 0.421 e. The van der Waals surface area contributed by atoms with Gasteiger partial charge in [0.1, 0.15) is 42.1 Å². The van der Waals surface area contributed by atoms with E-state index in [0.717, 1.165) is 55.4 Å². The maximum atomic E-state index is 16.8. The average Bonchev–Trinajstić information content (AvgIpc) is 3.84. The Morgan fingerprint density at radius 3 is 2.08 bits per heavy atom. The van der Waals surface area contributed by atoms with Crippen LogP contribution in [-0.4, -0.2) is 86.8 Å². The van der Waals surface area contributed by atoms with Crippen molar-refractivity contribution in [3.05, 3.63) is 171 Å². The third kappa shape index (κ3) is 9.54. The number of aliphatic hydroxyl groups is 2. The van der Waals surface area contributed by atoms with Gasteiger partial charge < -0.3 is 29.3 Å². The first-order chi connectivity index (χ1) is 36.0. The van der Waals surface area contributed by atoms with Crippen LogP contribution in [0, 0.1) is 27.9 Å². The number of aliphatic hydroxyl groups excluding tert-OH is 1. The third-order valence-corrected chi connectivity index (χ3v) is 15.5. The number of ether oxygens (including phenoxy) is 3. The zero-order valence-electron chi connectivity index (χ0n) is 41.2. The van der Waals surface area contributed by atoms with Gasteiger partial charge in [0.05, 0.1) is 35.2 Å². The summed E-state index contributed by atoms with van der Waals surface area (Å²) in [5.41, 5.74) is -0.361.